The lowest BCUT2D eigenvalue weighted by Gasteiger charge is -2.11. The molecule has 2 nitrogen and oxygen atoms in total. The summed E-state index contributed by atoms with van der Waals surface area (Å²) in [7, 11) is 0. The molecule has 2 heteroatoms. The number of aliphatic imine (C=N–C) groups is 1. The van der Waals surface area contributed by atoms with Crippen LogP contribution < -0.4 is 0 Å². The van der Waals surface area contributed by atoms with E-state index in [4.69, 9.17) is 4.74 Å². The first kappa shape index (κ1) is 10.5. The van der Waals surface area contributed by atoms with Gasteiger partial charge in [-0.2, -0.15) is 0 Å². The molecule has 0 aromatic heterocycles. The van der Waals surface area contributed by atoms with Gasteiger partial charge in [-0.1, -0.05) is 30.9 Å². The Balaban J connectivity index is 2.61. The molecule has 0 bridgehead atoms. The van der Waals surface area contributed by atoms with E-state index in [0.29, 0.717) is 6.61 Å². The summed E-state index contributed by atoms with van der Waals surface area (Å²) in [5.74, 6) is 0.789. The van der Waals surface area contributed by atoms with E-state index in [9.17, 15) is 0 Å². The van der Waals surface area contributed by atoms with Gasteiger partial charge >= 0.3 is 0 Å². The predicted molar refractivity (Wildman–Crippen MR) is 60.2 cm³/mol. The van der Waals surface area contributed by atoms with Gasteiger partial charge in [0, 0.05) is 12.6 Å². The van der Waals surface area contributed by atoms with Crippen LogP contribution in [0, 0.1) is 0 Å². The lowest BCUT2D eigenvalue weighted by molar-refractivity contribution is 0.266. The summed E-state index contributed by atoms with van der Waals surface area (Å²) in [5.41, 5.74) is 0.937. The van der Waals surface area contributed by atoms with E-state index >= 15 is 0 Å². The fraction of sp³-hybridized carbons (Fsp3) is 0.250. The van der Waals surface area contributed by atoms with Crippen LogP contribution in [0.3, 0.4) is 0 Å². The van der Waals surface area contributed by atoms with Crippen molar-refractivity contribution in [2.75, 3.05) is 6.61 Å². The Morgan fingerprint density at radius 2 is 2.43 bits per heavy atom. The molecule has 0 amide bonds. The fourth-order valence-electron chi connectivity index (χ4n) is 1.12. The van der Waals surface area contributed by atoms with E-state index in [1.807, 2.05) is 31.2 Å². The Bertz CT molecular complexity index is 308. The van der Waals surface area contributed by atoms with Gasteiger partial charge < -0.3 is 4.74 Å². The van der Waals surface area contributed by atoms with Crippen LogP contribution in [-0.2, 0) is 4.74 Å². The molecular formula is C12H15NO. The highest BCUT2D eigenvalue weighted by Gasteiger charge is 2.05. The second kappa shape index (κ2) is 5.97. The number of ether oxygens (including phenoxy) is 1. The molecule has 0 aliphatic carbocycles. The molecule has 1 heterocycles. The third-order valence-corrected chi connectivity index (χ3v) is 1.78. The van der Waals surface area contributed by atoms with E-state index < -0.39 is 0 Å². The summed E-state index contributed by atoms with van der Waals surface area (Å²) in [6, 6.07) is 0. The zero-order valence-electron chi connectivity index (χ0n) is 8.44. The molecule has 1 rings (SSSR count). The standard InChI is InChI=1S/C12H15NO/c1-3-5-6-7-8-11-12(4-2)14-10-9-13-11/h3-7,9H,2,8,10H2,1H3/b5-3-,7-6-. The van der Waals surface area contributed by atoms with Crippen molar-refractivity contribution in [3.63, 3.8) is 0 Å². The normalized spacial score (nSPS) is 16.6. The molecular weight excluding hydrogens is 174 g/mol. The first-order valence-electron chi connectivity index (χ1n) is 4.67. The molecule has 1 aliphatic rings. The zero-order valence-corrected chi connectivity index (χ0v) is 8.44. The average Bonchev–Trinajstić information content (AvgIpc) is 2.25. The van der Waals surface area contributed by atoms with Crippen LogP contribution in [0.5, 0.6) is 0 Å². The van der Waals surface area contributed by atoms with E-state index in [2.05, 4.69) is 11.6 Å². The van der Waals surface area contributed by atoms with Crippen molar-refractivity contribution in [2.24, 2.45) is 4.99 Å². The van der Waals surface area contributed by atoms with Crippen molar-refractivity contribution < 1.29 is 4.74 Å². The number of hydrogen-bond acceptors (Lipinski definition) is 2. The highest BCUT2D eigenvalue weighted by molar-refractivity contribution is 5.62. The van der Waals surface area contributed by atoms with Crippen molar-refractivity contribution in [2.45, 2.75) is 13.3 Å². The van der Waals surface area contributed by atoms with E-state index in [0.717, 1.165) is 17.9 Å². The maximum Gasteiger partial charge on any atom is 0.141 e. The highest BCUT2D eigenvalue weighted by Crippen LogP contribution is 2.16. The third kappa shape index (κ3) is 3.05. The average molecular weight is 189 g/mol. The Labute approximate surface area is 85.0 Å². The first-order chi connectivity index (χ1) is 6.88. The molecule has 0 radical (unpaired) electrons. The minimum atomic E-state index is 0.545. The lowest BCUT2D eigenvalue weighted by Crippen LogP contribution is -2.03. The second-order valence-electron chi connectivity index (χ2n) is 2.80. The zero-order chi connectivity index (χ0) is 10.2. The summed E-state index contributed by atoms with van der Waals surface area (Å²) in [6.45, 7) is 6.22. The Kier molecular flexibility index (Phi) is 4.48. The molecule has 0 atom stereocenters. The van der Waals surface area contributed by atoms with E-state index in [1.54, 1.807) is 12.3 Å². The van der Waals surface area contributed by atoms with Gasteiger partial charge in [-0.25, -0.2) is 0 Å². The summed E-state index contributed by atoms with van der Waals surface area (Å²) in [6.07, 6.45) is 12.3. The molecule has 0 unspecified atom stereocenters. The number of allylic oxidation sites excluding steroid dienone is 5. The van der Waals surface area contributed by atoms with Gasteiger partial charge in [-0.05, 0) is 13.0 Å². The van der Waals surface area contributed by atoms with E-state index in [-0.39, 0.29) is 0 Å². The molecule has 1 aliphatic heterocycles. The topological polar surface area (TPSA) is 21.6 Å². The fourth-order valence-corrected chi connectivity index (χ4v) is 1.12. The van der Waals surface area contributed by atoms with Gasteiger partial charge in [0.25, 0.3) is 0 Å². The summed E-state index contributed by atoms with van der Waals surface area (Å²) in [4.78, 5) is 4.26. The van der Waals surface area contributed by atoms with Gasteiger partial charge in [0.1, 0.15) is 12.4 Å². The van der Waals surface area contributed by atoms with Crippen LogP contribution in [-0.4, -0.2) is 12.8 Å². The van der Waals surface area contributed by atoms with Crippen molar-refractivity contribution >= 4 is 6.21 Å². The molecule has 0 saturated heterocycles. The molecule has 0 fully saturated rings. The SMILES string of the molecule is C=CC1=C(C/C=C\C=C/C)N=CCO1. The molecule has 0 N–H and O–H groups in total. The molecule has 0 aromatic carbocycles. The maximum atomic E-state index is 5.36. The van der Waals surface area contributed by atoms with E-state index in [1.165, 1.54) is 0 Å². The minimum Gasteiger partial charge on any atom is -0.486 e. The molecule has 0 spiro atoms. The number of rotatable bonds is 4. The molecule has 0 saturated carbocycles. The summed E-state index contributed by atoms with van der Waals surface area (Å²) < 4.78 is 5.36. The largest absolute Gasteiger partial charge is 0.486 e. The first-order valence-corrected chi connectivity index (χ1v) is 4.67. The third-order valence-electron chi connectivity index (χ3n) is 1.78. The smallest absolute Gasteiger partial charge is 0.141 e. The van der Waals surface area contributed by atoms with Crippen molar-refractivity contribution in [3.8, 4) is 0 Å². The van der Waals surface area contributed by atoms with Crippen molar-refractivity contribution in [1.29, 1.82) is 0 Å². The summed E-state index contributed by atoms with van der Waals surface area (Å²) in [5, 5.41) is 0. The van der Waals surface area contributed by atoms with Crippen LogP contribution >= 0.6 is 0 Å². The van der Waals surface area contributed by atoms with Gasteiger partial charge in [0.15, 0.2) is 0 Å². The highest BCUT2D eigenvalue weighted by atomic mass is 16.5. The monoisotopic (exact) mass is 189 g/mol. The predicted octanol–water partition coefficient (Wildman–Crippen LogP) is 3.01. The van der Waals surface area contributed by atoms with Gasteiger partial charge in [0.2, 0.25) is 0 Å². The van der Waals surface area contributed by atoms with Gasteiger partial charge in [-0.15, -0.1) is 0 Å². The minimum absolute atomic E-state index is 0.545. The summed E-state index contributed by atoms with van der Waals surface area (Å²) >= 11 is 0. The van der Waals surface area contributed by atoms with Crippen LogP contribution in [0.4, 0.5) is 0 Å². The Morgan fingerprint density at radius 1 is 1.57 bits per heavy atom. The Morgan fingerprint density at radius 3 is 3.14 bits per heavy atom. The van der Waals surface area contributed by atoms with Crippen molar-refractivity contribution in [3.05, 3.63) is 48.4 Å². The van der Waals surface area contributed by atoms with Gasteiger partial charge in [0.05, 0.1) is 5.70 Å². The lowest BCUT2D eigenvalue weighted by atomic mass is 10.2. The van der Waals surface area contributed by atoms with Gasteiger partial charge in [-0.3, -0.25) is 4.99 Å². The molecule has 0 aromatic rings. The maximum absolute atomic E-state index is 5.36. The number of nitrogens with zero attached hydrogens (tertiary/aromatic N) is 1. The van der Waals surface area contributed by atoms with Crippen LogP contribution in [0.1, 0.15) is 13.3 Å². The number of hydrogen-bond donors (Lipinski definition) is 0. The van der Waals surface area contributed by atoms with Crippen LogP contribution in [0.15, 0.2) is 53.4 Å². The quantitative estimate of drug-likeness (QED) is 0.623. The van der Waals surface area contributed by atoms with Crippen LogP contribution in [0.25, 0.3) is 0 Å². The Hall–Kier alpha value is -1.57. The molecule has 14 heavy (non-hydrogen) atoms. The van der Waals surface area contributed by atoms with Crippen LogP contribution in [0.2, 0.25) is 0 Å². The second-order valence-corrected chi connectivity index (χ2v) is 2.80. The van der Waals surface area contributed by atoms with Crippen molar-refractivity contribution in [1.82, 2.24) is 0 Å². The molecule has 74 valence electrons.